The lowest BCUT2D eigenvalue weighted by Gasteiger charge is -2.09. The molecule has 0 aliphatic carbocycles. The topological polar surface area (TPSA) is 81.1 Å². The molecular weight excluding hydrogens is 349 g/mol. The van der Waals surface area contributed by atoms with Crippen molar-refractivity contribution in [2.75, 3.05) is 5.32 Å². The van der Waals surface area contributed by atoms with Gasteiger partial charge in [0.25, 0.3) is 5.56 Å². The third kappa shape index (κ3) is 4.52. The maximum absolute atomic E-state index is 13.0. The highest BCUT2D eigenvalue weighted by molar-refractivity contribution is 5.97. The Morgan fingerprint density at radius 2 is 1.85 bits per heavy atom. The number of anilines is 1. The molecule has 0 unspecified atom stereocenters. The number of hydrogen-bond donors (Lipinski definition) is 1. The molecule has 3 aromatic rings. The predicted octanol–water partition coefficient (Wildman–Crippen LogP) is 2.89. The van der Waals surface area contributed by atoms with E-state index in [9.17, 15) is 18.8 Å². The lowest BCUT2D eigenvalue weighted by molar-refractivity contribution is -0.116. The van der Waals surface area contributed by atoms with Crippen LogP contribution in [0.2, 0.25) is 0 Å². The third-order valence-corrected chi connectivity index (χ3v) is 3.89. The molecular formula is C20H16FN3O3. The van der Waals surface area contributed by atoms with Crippen molar-refractivity contribution in [3.63, 3.8) is 0 Å². The second kappa shape index (κ2) is 7.74. The van der Waals surface area contributed by atoms with Crippen molar-refractivity contribution in [1.82, 2.24) is 9.55 Å². The zero-order valence-electron chi connectivity index (χ0n) is 14.5. The summed E-state index contributed by atoms with van der Waals surface area (Å²) in [5.41, 5.74) is 1.54. The molecule has 0 aliphatic heterocycles. The fourth-order valence-corrected chi connectivity index (χ4v) is 2.49. The van der Waals surface area contributed by atoms with Gasteiger partial charge in [0, 0.05) is 22.9 Å². The van der Waals surface area contributed by atoms with E-state index < -0.39 is 11.5 Å². The summed E-state index contributed by atoms with van der Waals surface area (Å²) < 4.78 is 14.2. The molecule has 0 fully saturated rings. The fourth-order valence-electron chi connectivity index (χ4n) is 2.49. The first kappa shape index (κ1) is 18.2. The minimum absolute atomic E-state index is 0.108. The van der Waals surface area contributed by atoms with Crippen LogP contribution in [0.3, 0.4) is 0 Å². The normalized spacial score (nSPS) is 10.4. The van der Waals surface area contributed by atoms with Gasteiger partial charge in [0.2, 0.25) is 5.91 Å². The first-order valence-electron chi connectivity index (χ1n) is 8.15. The Labute approximate surface area is 154 Å². The van der Waals surface area contributed by atoms with Crippen molar-refractivity contribution >= 4 is 17.4 Å². The van der Waals surface area contributed by atoms with Crippen LogP contribution >= 0.6 is 0 Å². The van der Waals surface area contributed by atoms with Gasteiger partial charge in [-0.3, -0.25) is 19.0 Å². The van der Waals surface area contributed by atoms with Gasteiger partial charge in [0.1, 0.15) is 12.4 Å². The van der Waals surface area contributed by atoms with E-state index >= 15 is 0 Å². The molecule has 0 saturated heterocycles. The summed E-state index contributed by atoms with van der Waals surface area (Å²) in [5, 5.41) is 2.65. The largest absolute Gasteiger partial charge is 0.325 e. The first-order chi connectivity index (χ1) is 12.9. The lowest BCUT2D eigenvalue weighted by atomic mass is 10.1. The van der Waals surface area contributed by atoms with E-state index in [0.29, 0.717) is 22.5 Å². The molecule has 1 aromatic heterocycles. The number of nitrogens with zero attached hydrogens (tertiary/aromatic N) is 2. The van der Waals surface area contributed by atoms with Gasteiger partial charge in [-0.05, 0) is 43.3 Å². The van der Waals surface area contributed by atoms with E-state index in [-0.39, 0.29) is 18.1 Å². The molecule has 0 saturated carbocycles. The van der Waals surface area contributed by atoms with E-state index in [2.05, 4.69) is 10.3 Å². The van der Waals surface area contributed by atoms with Crippen LogP contribution in [0.1, 0.15) is 17.3 Å². The summed E-state index contributed by atoms with van der Waals surface area (Å²) in [5.74, 6) is -0.908. The van der Waals surface area contributed by atoms with Crippen LogP contribution in [-0.2, 0) is 11.3 Å². The minimum atomic E-state index is -0.422. The Kier molecular flexibility index (Phi) is 5.21. The van der Waals surface area contributed by atoms with Crippen molar-refractivity contribution in [3.05, 3.63) is 82.7 Å². The van der Waals surface area contributed by atoms with Gasteiger partial charge in [-0.15, -0.1) is 0 Å². The average molecular weight is 365 g/mol. The van der Waals surface area contributed by atoms with E-state index in [4.69, 9.17) is 0 Å². The molecule has 1 amide bonds. The Morgan fingerprint density at radius 3 is 2.52 bits per heavy atom. The van der Waals surface area contributed by atoms with Crippen LogP contribution in [0.25, 0.3) is 11.3 Å². The number of rotatable bonds is 5. The number of halogens is 1. The van der Waals surface area contributed by atoms with Crippen LogP contribution in [0.5, 0.6) is 0 Å². The highest BCUT2D eigenvalue weighted by Gasteiger charge is 2.09. The Balaban J connectivity index is 1.73. The molecule has 1 heterocycles. The molecule has 2 aromatic carbocycles. The van der Waals surface area contributed by atoms with Gasteiger partial charge in [-0.1, -0.05) is 12.1 Å². The first-order valence-corrected chi connectivity index (χ1v) is 8.15. The van der Waals surface area contributed by atoms with Gasteiger partial charge >= 0.3 is 0 Å². The fraction of sp³-hybridized carbons (Fsp3) is 0.100. The van der Waals surface area contributed by atoms with Crippen molar-refractivity contribution in [2.45, 2.75) is 13.5 Å². The predicted molar refractivity (Wildman–Crippen MR) is 99.0 cm³/mol. The summed E-state index contributed by atoms with van der Waals surface area (Å²) in [7, 11) is 0. The SMILES string of the molecule is CC(=O)c1cccc(NC(=O)Cn2cnc(-c3ccc(F)cc3)cc2=O)c1. The van der Waals surface area contributed by atoms with Crippen LogP contribution in [-0.4, -0.2) is 21.2 Å². The summed E-state index contributed by atoms with van der Waals surface area (Å²) in [4.78, 5) is 40.0. The molecule has 6 nitrogen and oxygen atoms in total. The maximum atomic E-state index is 13.0. The summed E-state index contributed by atoms with van der Waals surface area (Å²) in [6, 6.07) is 13.4. The molecule has 0 radical (unpaired) electrons. The number of carbonyl (C=O) groups excluding carboxylic acids is 2. The highest BCUT2D eigenvalue weighted by atomic mass is 19.1. The van der Waals surface area contributed by atoms with E-state index in [1.54, 1.807) is 24.3 Å². The van der Waals surface area contributed by atoms with E-state index in [1.807, 2.05) is 0 Å². The van der Waals surface area contributed by atoms with Crippen LogP contribution in [0, 0.1) is 5.82 Å². The standard InChI is InChI=1S/C20H16FN3O3/c1-13(25)15-3-2-4-17(9-15)23-19(26)11-24-12-22-18(10-20(24)27)14-5-7-16(21)8-6-14/h2-10,12H,11H2,1H3,(H,23,26). The molecule has 0 aliphatic rings. The number of hydrogen-bond acceptors (Lipinski definition) is 4. The number of Topliss-reactive ketones (excluding diaryl/α,β-unsaturated/α-hetero) is 1. The number of ketones is 1. The maximum Gasteiger partial charge on any atom is 0.254 e. The van der Waals surface area contributed by atoms with Crippen molar-refractivity contribution in [1.29, 1.82) is 0 Å². The van der Waals surface area contributed by atoms with Gasteiger partial charge in [-0.2, -0.15) is 0 Å². The van der Waals surface area contributed by atoms with Crippen molar-refractivity contribution in [3.8, 4) is 11.3 Å². The highest BCUT2D eigenvalue weighted by Crippen LogP contribution is 2.15. The number of amides is 1. The Hall–Kier alpha value is -3.61. The Bertz CT molecular complexity index is 1060. The number of aromatic nitrogens is 2. The Morgan fingerprint density at radius 1 is 1.11 bits per heavy atom. The van der Waals surface area contributed by atoms with E-state index in [1.165, 1.54) is 43.6 Å². The molecule has 7 heteroatoms. The third-order valence-electron chi connectivity index (χ3n) is 3.89. The average Bonchev–Trinajstić information content (AvgIpc) is 2.64. The summed E-state index contributed by atoms with van der Waals surface area (Å²) >= 11 is 0. The van der Waals surface area contributed by atoms with Gasteiger partial charge in [-0.25, -0.2) is 9.37 Å². The molecule has 0 bridgehead atoms. The minimum Gasteiger partial charge on any atom is -0.325 e. The molecule has 1 N–H and O–H groups in total. The quantitative estimate of drug-likeness (QED) is 0.705. The zero-order chi connectivity index (χ0) is 19.4. The molecule has 3 rings (SSSR count). The van der Waals surface area contributed by atoms with Crippen LogP contribution in [0.4, 0.5) is 10.1 Å². The van der Waals surface area contributed by atoms with Gasteiger partial charge in [0.05, 0.1) is 12.0 Å². The number of nitrogens with one attached hydrogen (secondary N) is 1. The number of carbonyl (C=O) groups is 2. The summed E-state index contributed by atoms with van der Waals surface area (Å²) in [6.45, 7) is 1.22. The van der Waals surface area contributed by atoms with Gasteiger partial charge in [0.15, 0.2) is 5.78 Å². The monoisotopic (exact) mass is 365 g/mol. The van der Waals surface area contributed by atoms with Gasteiger partial charge < -0.3 is 5.32 Å². The summed E-state index contributed by atoms with van der Waals surface area (Å²) in [6.07, 6.45) is 1.27. The zero-order valence-corrected chi connectivity index (χ0v) is 14.5. The van der Waals surface area contributed by atoms with Crippen molar-refractivity contribution < 1.29 is 14.0 Å². The second-order valence-electron chi connectivity index (χ2n) is 5.93. The molecule has 0 spiro atoms. The van der Waals surface area contributed by atoms with Crippen molar-refractivity contribution in [2.24, 2.45) is 0 Å². The second-order valence-corrected chi connectivity index (χ2v) is 5.93. The molecule has 0 atom stereocenters. The lowest BCUT2D eigenvalue weighted by Crippen LogP contribution is -2.27. The van der Waals surface area contributed by atoms with Crippen LogP contribution in [0.15, 0.2) is 65.7 Å². The number of benzene rings is 2. The van der Waals surface area contributed by atoms with Crippen LogP contribution < -0.4 is 10.9 Å². The molecule has 136 valence electrons. The van der Waals surface area contributed by atoms with E-state index in [0.717, 1.165) is 4.57 Å². The smallest absolute Gasteiger partial charge is 0.254 e. The molecule has 27 heavy (non-hydrogen) atoms.